The number of rotatable bonds is 7. The number of hydrogen-bond donors (Lipinski definition) is 1. The monoisotopic (exact) mass is 388 g/mol. The molecule has 2 aromatic rings. The van der Waals surface area contributed by atoms with Crippen LogP contribution in [-0.4, -0.2) is 22.9 Å². The molecule has 5 heteroatoms. The van der Waals surface area contributed by atoms with Gasteiger partial charge in [0, 0.05) is 23.7 Å². The van der Waals surface area contributed by atoms with Crippen molar-refractivity contribution in [2.24, 2.45) is 0 Å². The van der Waals surface area contributed by atoms with Crippen LogP contribution in [0.25, 0.3) is 0 Å². The zero-order valence-electron chi connectivity index (χ0n) is 16.2. The van der Waals surface area contributed by atoms with Gasteiger partial charge in [0.25, 0.3) is 5.91 Å². The van der Waals surface area contributed by atoms with Crippen LogP contribution in [0.1, 0.15) is 67.8 Å². The summed E-state index contributed by atoms with van der Waals surface area (Å²) in [4.78, 5) is 14.7. The average Bonchev–Trinajstić information content (AvgIpc) is 3.12. The standard InChI is InChI=1S/C22H29ClN2O2/c1-16(2)25(14-17-8-6-7-11-20(17)23)15-19-12-13-21(27-19)22(26)24-18-9-4-3-5-10-18/h6-8,11-13,16,18H,3-5,9-10,14-15H2,1-2H3,(H,24,26). The van der Waals surface area contributed by atoms with Crippen LogP contribution in [0.15, 0.2) is 40.8 Å². The molecule has 0 spiro atoms. The van der Waals surface area contributed by atoms with Crippen molar-refractivity contribution < 1.29 is 9.21 Å². The Labute approximate surface area is 166 Å². The summed E-state index contributed by atoms with van der Waals surface area (Å²) in [5, 5.41) is 3.88. The maximum absolute atomic E-state index is 12.4. The number of carbonyl (C=O) groups is 1. The Bertz CT molecular complexity index is 750. The minimum Gasteiger partial charge on any atom is -0.455 e. The smallest absolute Gasteiger partial charge is 0.287 e. The number of hydrogen-bond acceptors (Lipinski definition) is 3. The third-order valence-corrected chi connectivity index (χ3v) is 5.62. The van der Waals surface area contributed by atoms with Gasteiger partial charge in [0.2, 0.25) is 0 Å². The summed E-state index contributed by atoms with van der Waals surface area (Å²) < 4.78 is 5.85. The molecule has 0 radical (unpaired) electrons. The number of carbonyl (C=O) groups excluding carboxylic acids is 1. The second kappa shape index (κ2) is 9.43. The fourth-order valence-electron chi connectivity index (χ4n) is 3.56. The highest BCUT2D eigenvalue weighted by molar-refractivity contribution is 6.31. The van der Waals surface area contributed by atoms with Gasteiger partial charge < -0.3 is 9.73 Å². The number of nitrogens with zero attached hydrogens (tertiary/aromatic N) is 1. The van der Waals surface area contributed by atoms with Gasteiger partial charge in [-0.15, -0.1) is 0 Å². The van der Waals surface area contributed by atoms with Crippen LogP contribution in [0.4, 0.5) is 0 Å². The normalized spacial score (nSPS) is 15.4. The van der Waals surface area contributed by atoms with Crippen LogP contribution in [-0.2, 0) is 13.1 Å². The van der Waals surface area contributed by atoms with Gasteiger partial charge in [0.1, 0.15) is 5.76 Å². The third-order valence-electron chi connectivity index (χ3n) is 5.25. The van der Waals surface area contributed by atoms with Crippen molar-refractivity contribution in [2.75, 3.05) is 0 Å². The van der Waals surface area contributed by atoms with E-state index in [0.29, 0.717) is 18.3 Å². The van der Waals surface area contributed by atoms with E-state index in [-0.39, 0.29) is 11.9 Å². The molecule has 1 aliphatic carbocycles. The first kappa shape index (κ1) is 20.0. The molecule has 0 saturated heterocycles. The van der Waals surface area contributed by atoms with Crippen molar-refractivity contribution in [3.63, 3.8) is 0 Å². The van der Waals surface area contributed by atoms with Gasteiger partial charge in [-0.1, -0.05) is 49.1 Å². The summed E-state index contributed by atoms with van der Waals surface area (Å²) >= 11 is 6.31. The Kier molecular flexibility index (Phi) is 6.97. The number of amides is 1. The molecule has 1 amide bonds. The number of furan rings is 1. The largest absolute Gasteiger partial charge is 0.455 e. The van der Waals surface area contributed by atoms with E-state index in [2.05, 4.69) is 24.1 Å². The van der Waals surface area contributed by atoms with Crippen molar-refractivity contribution in [1.82, 2.24) is 10.2 Å². The van der Waals surface area contributed by atoms with Crippen LogP contribution in [0.2, 0.25) is 5.02 Å². The molecule has 4 nitrogen and oxygen atoms in total. The average molecular weight is 389 g/mol. The quantitative estimate of drug-likeness (QED) is 0.690. The van der Waals surface area contributed by atoms with Crippen LogP contribution in [0.3, 0.4) is 0 Å². The van der Waals surface area contributed by atoms with Crippen LogP contribution < -0.4 is 5.32 Å². The van der Waals surface area contributed by atoms with Gasteiger partial charge in [-0.05, 0) is 50.5 Å². The summed E-state index contributed by atoms with van der Waals surface area (Å²) in [6, 6.07) is 12.2. The van der Waals surface area contributed by atoms with E-state index in [9.17, 15) is 4.79 Å². The number of benzene rings is 1. The summed E-state index contributed by atoms with van der Waals surface area (Å²) in [6.07, 6.45) is 5.80. The molecule has 3 rings (SSSR count). The molecular weight excluding hydrogens is 360 g/mol. The van der Waals surface area contributed by atoms with E-state index in [4.69, 9.17) is 16.0 Å². The molecule has 0 unspecified atom stereocenters. The topological polar surface area (TPSA) is 45.5 Å². The molecule has 1 aromatic heterocycles. The van der Waals surface area contributed by atoms with Crippen molar-refractivity contribution in [3.05, 3.63) is 58.5 Å². The highest BCUT2D eigenvalue weighted by Crippen LogP contribution is 2.21. The lowest BCUT2D eigenvalue weighted by Crippen LogP contribution is -2.36. The molecule has 0 bridgehead atoms. The predicted molar refractivity (Wildman–Crippen MR) is 109 cm³/mol. The van der Waals surface area contributed by atoms with Crippen molar-refractivity contribution in [1.29, 1.82) is 0 Å². The molecule has 1 N–H and O–H groups in total. The predicted octanol–water partition coefficient (Wildman–Crippen LogP) is 5.41. The molecular formula is C22H29ClN2O2. The molecule has 27 heavy (non-hydrogen) atoms. The van der Waals surface area contributed by atoms with Crippen LogP contribution in [0, 0.1) is 0 Å². The summed E-state index contributed by atoms with van der Waals surface area (Å²) in [5.41, 5.74) is 1.09. The Morgan fingerprint density at radius 2 is 1.89 bits per heavy atom. The van der Waals surface area contributed by atoms with Gasteiger partial charge >= 0.3 is 0 Å². The fourth-order valence-corrected chi connectivity index (χ4v) is 3.75. The lowest BCUT2D eigenvalue weighted by molar-refractivity contribution is 0.0894. The van der Waals surface area contributed by atoms with E-state index in [0.717, 1.165) is 35.7 Å². The van der Waals surface area contributed by atoms with E-state index >= 15 is 0 Å². The lowest BCUT2D eigenvalue weighted by Gasteiger charge is -2.26. The van der Waals surface area contributed by atoms with E-state index in [1.54, 1.807) is 6.07 Å². The Morgan fingerprint density at radius 1 is 1.15 bits per heavy atom. The van der Waals surface area contributed by atoms with Gasteiger partial charge in [-0.3, -0.25) is 9.69 Å². The zero-order chi connectivity index (χ0) is 19.2. The molecule has 1 heterocycles. The molecule has 1 aromatic carbocycles. The van der Waals surface area contributed by atoms with E-state index in [1.165, 1.54) is 19.3 Å². The van der Waals surface area contributed by atoms with Crippen molar-refractivity contribution >= 4 is 17.5 Å². The third kappa shape index (κ3) is 5.60. The Morgan fingerprint density at radius 3 is 2.59 bits per heavy atom. The zero-order valence-corrected chi connectivity index (χ0v) is 17.0. The molecule has 0 aliphatic heterocycles. The van der Waals surface area contributed by atoms with Crippen molar-refractivity contribution in [2.45, 2.75) is 71.1 Å². The fraction of sp³-hybridized carbons (Fsp3) is 0.500. The summed E-state index contributed by atoms with van der Waals surface area (Å²) in [6.45, 7) is 5.67. The Hall–Kier alpha value is -1.78. The maximum Gasteiger partial charge on any atom is 0.287 e. The summed E-state index contributed by atoms with van der Waals surface area (Å²) in [7, 11) is 0. The highest BCUT2D eigenvalue weighted by atomic mass is 35.5. The van der Waals surface area contributed by atoms with Gasteiger partial charge in [-0.25, -0.2) is 0 Å². The van der Waals surface area contributed by atoms with Gasteiger partial charge in [0.05, 0.1) is 6.54 Å². The SMILES string of the molecule is CC(C)N(Cc1ccc(C(=O)NC2CCCCC2)o1)Cc1ccccc1Cl. The van der Waals surface area contributed by atoms with Crippen molar-refractivity contribution in [3.8, 4) is 0 Å². The van der Waals surface area contributed by atoms with Gasteiger partial charge in [0.15, 0.2) is 5.76 Å². The van der Waals surface area contributed by atoms with Crippen LogP contribution in [0.5, 0.6) is 0 Å². The second-order valence-corrected chi connectivity index (χ2v) is 8.07. The molecule has 0 atom stereocenters. The number of nitrogens with one attached hydrogen (secondary N) is 1. The maximum atomic E-state index is 12.4. The molecule has 1 aliphatic rings. The minimum atomic E-state index is -0.102. The van der Waals surface area contributed by atoms with Gasteiger partial charge in [-0.2, -0.15) is 0 Å². The number of halogens is 1. The molecule has 1 fully saturated rings. The first-order valence-corrected chi connectivity index (χ1v) is 10.3. The highest BCUT2D eigenvalue weighted by Gasteiger charge is 2.20. The minimum absolute atomic E-state index is 0.102. The first-order chi connectivity index (χ1) is 13.0. The second-order valence-electron chi connectivity index (χ2n) is 7.66. The van der Waals surface area contributed by atoms with E-state index in [1.807, 2.05) is 30.3 Å². The van der Waals surface area contributed by atoms with Crippen LogP contribution >= 0.6 is 11.6 Å². The summed E-state index contributed by atoms with van der Waals surface area (Å²) in [5.74, 6) is 1.09. The molecule has 146 valence electrons. The Balaban J connectivity index is 1.62. The lowest BCUT2D eigenvalue weighted by atomic mass is 9.95. The first-order valence-electron chi connectivity index (χ1n) is 9.90. The van der Waals surface area contributed by atoms with E-state index < -0.39 is 0 Å². The molecule has 1 saturated carbocycles.